The zero-order valence-electron chi connectivity index (χ0n) is 33.0. The van der Waals surface area contributed by atoms with E-state index in [0.717, 1.165) is 62.6 Å². The zero-order chi connectivity index (χ0) is 39.0. The molecule has 0 saturated heterocycles. The summed E-state index contributed by atoms with van der Waals surface area (Å²) in [5.74, 6) is 3.74. The fourth-order valence-corrected chi connectivity index (χ4v) is 6.25. The highest BCUT2D eigenvalue weighted by molar-refractivity contribution is 5.73. The molecule has 0 N–H and O–H groups in total. The molecule has 0 amide bonds. The van der Waals surface area contributed by atoms with E-state index in [9.17, 15) is 0 Å². The molecular weight excluding hydrogens is 675 g/mol. The summed E-state index contributed by atoms with van der Waals surface area (Å²) in [6.45, 7) is 19.5. The van der Waals surface area contributed by atoms with Crippen LogP contribution in [-0.2, 0) is 10.8 Å². The molecule has 5 nitrogen and oxygen atoms in total. The van der Waals surface area contributed by atoms with Crippen molar-refractivity contribution in [2.75, 3.05) is 9.80 Å². The van der Waals surface area contributed by atoms with E-state index in [4.69, 9.17) is 9.47 Å². The van der Waals surface area contributed by atoms with Gasteiger partial charge in [-0.25, -0.2) is 4.99 Å². The van der Waals surface area contributed by atoms with Crippen LogP contribution >= 0.6 is 0 Å². The highest BCUT2D eigenvalue weighted by Gasteiger charge is 2.23. The predicted molar refractivity (Wildman–Crippen MR) is 232 cm³/mol. The molecule has 5 heteroatoms. The van der Waals surface area contributed by atoms with Crippen LogP contribution in [0.3, 0.4) is 0 Å². The third-order valence-corrected chi connectivity index (χ3v) is 9.24. The molecule has 0 unspecified atom stereocenters. The van der Waals surface area contributed by atoms with E-state index in [-0.39, 0.29) is 10.8 Å². The molecule has 0 radical (unpaired) electrons. The van der Waals surface area contributed by atoms with Crippen LogP contribution in [-0.4, -0.2) is 6.72 Å². The molecule has 278 valence electrons. The van der Waals surface area contributed by atoms with Crippen molar-refractivity contribution in [3.63, 3.8) is 0 Å². The molecule has 55 heavy (non-hydrogen) atoms. The van der Waals surface area contributed by atoms with E-state index >= 15 is 0 Å². The highest BCUT2D eigenvalue weighted by atomic mass is 16.5. The van der Waals surface area contributed by atoms with Crippen LogP contribution in [0, 0.1) is 0 Å². The largest absolute Gasteiger partial charge is 0.457 e. The van der Waals surface area contributed by atoms with E-state index in [0.29, 0.717) is 5.82 Å². The van der Waals surface area contributed by atoms with E-state index in [1.165, 1.54) is 0 Å². The lowest BCUT2D eigenvalue weighted by Crippen LogP contribution is -2.18. The summed E-state index contributed by atoms with van der Waals surface area (Å²) < 4.78 is 12.9. The first kappa shape index (κ1) is 38.4. The quantitative estimate of drug-likeness (QED) is 0.0930. The van der Waals surface area contributed by atoms with Crippen molar-refractivity contribution in [3.8, 4) is 23.0 Å². The summed E-state index contributed by atoms with van der Waals surface area (Å²) in [6, 6.07) is 53.3. The molecule has 0 fully saturated rings. The molecule has 0 heterocycles. The summed E-state index contributed by atoms with van der Waals surface area (Å²) in [7, 11) is 0. The van der Waals surface area contributed by atoms with Gasteiger partial charge in [-0.1, -0.05) is 114 Å². The number of hydrogen-bond donors (Lipinski definition) is 0. The molecule has 0 aliphatic rings. The van der Waals surface area contributed by atoms with Crippen molar-refractivity contribution < 1.29 is 9.47 Å². The predicted octanol–water partition coefficient (Wildman–Crippen LogP) is 14.3. The van der Waals surface area contributed by atoms with Crippen molar-refractivity contribution in [2.45, 2.75) is 59.3 Å². The summed E-state index contributed by atoms with van der Waals surface area (Å²) in [5, 5.41) is 0. The van der Waals surface area contributed by atoms with E-state index in [2.05, 4.69) is 149 Å². The molecule has 0 saturated carbocycles. The third kappa shape index (κ3) is 9.81. The number of aliphatic imine (C=N–C) groups is 1. The lowest BCUT2D eigenvalue weighted by Gasteiger charge is -2.30. The second-order valence-electron chi connectivity index (χ2n) is 15.6. The van der Waals surface area contributed by atoms with Gasteiger partial charge < -0.3 is 14.4 Å². The number of anilines is 4. The fourth-order valence-electron chi connectivity index (χ4n) is 6.25. The molecule has 0 aromatic heterocycles. The summed E-state index contributed by atoms with van der Waals surface area (Å²) in [4.78, 5) is 9.02. The fraction of sp³-hybridized carbons (Fsp3) is 0.180. The summed E-state index contributed by atoms with van der Waals surface area (Å²) in [5.41, 5.74) is 6.88. The van der Waals surface area contributed by atoms with Gasteiger partial charge in [0.25, 0.3) is 0 Å². The first-order chi connectivity index (χ1) is 26.4. The first-order valence-electron chi connectivity index (χ1n) is 18.7. The number of allylic oxidation sites excluding steroid dienone is 3. The van der Waals surface area contributed by atoms with Crippen molar-refractivity contribution in [1.29, 1.82) is 0 Å². The van der Waals surface area contributed by atoms with Crippen molar-refractivity contribution in [3.05, 3.63) is 193 Å². The Hall–Kier alpha value is -6.33. The Morgan fingerprint density at radius 2 is 0.855 bits per heavy atom. The minimum absolute atomic E-state index is 0.120. The Bertz CT molecular complexity index is 2250. The molecule has 0 aliphatic heterocycles. The van der Waals surface area contributed by atoms with Gasteiger partial charge in [0.05, 0.1) is 5.69 Å². The van der Waals surface area contributed by atoms with Crippen LogP contribution in [0.2, 0.25) is 0 Å². The number of benzene rings is 6. The van der Waals surface area contributed by atoms with Crippen LogP contribution in [0.4, 0.5) is 22.7 Å². The lowest BCUT2D eigenvalue weighted by atomic mass is 9.86. The first-order valence-corrected chi connectivity index (χ1v) is 18.7. The Morgan fingerprint density at radius 1 is 0.473 bits per heavy atom. The maximum absolute atomic E-state index is 6.45. The molecule has 0 aliphatic carbocycles. The van der Waals surface area contributed by atoms with Crippen LogP contribution in [0.15, 0.2) is 186 Å². The maximum Gasteiger partial charge on any atom is 0.136 e. The molecule has 6 aromatic rings. The van der Waals surface area contributed by atoms with Gasteiger partial charge in [-0.05, 0) is 121 Å². The average Bonchev–Trinajstić information content (AvgIpc) is 3.17. The van der Waals surface area contributed by atoms with Gasteiger partial charge in [-0.15, -0.1) is 0 Å². The maximum atomic E-state index is 6.45. The Balaban J connectivity index is 1.48. The SMILES string of the molecule is C=N/C(=C\C=C(/C)N(c1ccccc1)c1cc(Oc2ccccc2)cc(C(C)(C)C)c1)N(c1ccccc1)c1cc(Oc2ccccc2)cc(C(C)(C)C)c1. The second kappa shape index (κ2) is 16.8. The van der Waals surface area contributed by atoms with E-state index in [1.807, 2.05) is 91.0 Å². The molecule has 0 bridgehead atoms. The highest BCUT2D eigenvalue weighted by Crippen LogP contribution is 2.40. The summed E-state index contributed by atoms with van der Waals surface area (Å²) >= 11 is 0. The van der Waals surface area contributed by atoms with E-state index in [1.54, 1.807) is 0 Å². The average molecular weight is 726 g/mol. The molecule has 0 spiro atoms. The lowest BCUT2D eigenvalue weighted by molar-refractivity contribution is 0.478. The smallest absolute Gasteiger partial charge is 0.136 e. The number of nitrogens with zero attached hydrogens (tertiary/aromatic N) is 3. The van der Waals surface area contributed by atoms with Gasteiger partial charge in [0.15, 0.2) is 0 Å². The van der Waals surface area contributed by atoms with Crippen LogP contribution in [0.1, 0.15) is 59.6 Å². The van der Waals surface area contributed by atoms with Crippen molar-refractivity contribution in [2.24, 2.45) is 4.99 Å². The standard InChI is InChI=1S/C50H51N3O2/c1-37(52(40-21-13-9-14-22-40)42-31-38(49(2,3)4)33-46(35-42)54-44-25-17-11-18-26-44)29-30-48(51-8)53(41-23-15-10-16-24-41)43-32-39(50(5,6)7)34-47(36-43)55-45-27-19-12-20-28-45/h9-36H,8H2,1-7H3/b37-29+,48-30+. The monoisotopic (exact) mass is 725 g/mol. The molecule has 6 rings (SSSR count). The topological polar surface area (TPSA) is 37.3 Å². The Labute approximate surface area is 327 Å². The number of para-hydroxylation sites is 4. The van der Waals surface area contributed by atoms with Crippen molar-refractivity contribution in [1.82, 2.24) is 0 Å². The molecular formula is C50H51N3O2. The van der Waals surface area contributed by atoms with E-state index < -0.39 is 0 Å². The van der Waals surface area contributed by atoms with Crippen LogP contribution in [0.25, 0.3) is 0 Å². The molecule has 6 aromatic carbocycles. The minimum Gasteiger partial charge on any atom is -0.457 e. The van der Waals surface area contributed by atoms with Crippen LogP contribution in [0.5, 0.6) is 23.0 Å². The third-order valence-electron chi connectivity index (χ3n) is 9.24. The van der Waals surface area contributed by atoms with Gasteiger partial charge in [0, 0.05) is 34.9 Å². The van der Waals surface area contributed by atoms with Crippen molar-refractivity contribution >= 4 is 29.5 Å². The Morgan fingerprint density at radius 3 is 1.25 bits per heavy atom. The van der Waals surface area contributed by atoms with Gasteiger partial charge in [-0.2, -0.15) is 0 Å². The number of ether oxygens (including phenoxy) is 2. The van der Waals surface area contributed by atoms with Gasteiger partial charge in [-0.3, -0.25) is 4.90 Å². The molecule has 0 atom stereocenters. The summed E-state index contributed by atoms with van der Waals surface area (Å²) in [6.07, 6.45) is 4.13. The Kier molecular flexibility index (Phi) is 11.7. The second-order valence-corrected chi connectivity index (χ2v) is 15.6. The van der Waals surface area contributed by atoms with Gasteiger partial charge in [0.2, 0.25) is 0 Å². The van der Waals surface area contributed by atoms with Crippen LogP contribution < -0.4 is 19.3 Å². The van der Waals surface area contributed by atoms with Gasteiger partial charge in [0.1, 0.15) is 28.8 Å². The number of rotatable bonds is 12. The van der Waals surface area contributed by atoms with Gasteiger partial charge >= 0.3 is 0 Å². The normalized spacial score (nSPS) is 12.2. The zero-order valence-corrected chi connectivity index (χ0v) is 33.0. The number of hydrogen-bond acceptors (Lipinski definition) is 5. The minimum atomic E-state index is -0.143.